The molecule has 0 spiro atoms. The fraction of sp³-hybridized carbons (Fsp3) is 0.100. The van der Waals surface area contributed by atoms with E-state index in [1.807, 2.05) is 67.6 Å². The Hall–Kier alpha value is -3.32. The van der Waals surface area contributed by atoms with Gasteiger partial charge in [0.2, 0.25) is 0 Å². The Morgan fingerprint density at radius 1 is 1.08 bits per heavy atom. The highest BCUT2D eigenvalue weighted by Crippen LogP contribution is 2.33. The molecule has 0 atom stereocenters. The summed E-state index contributed by atoms with van der Waals surface area (Å²) in [4.78, 5) is 4.23. The van der Waals surface area contributed by atoms with E-state index in [1.54, 1.807) is 6.07 Å². The van der Waals surface area contributed by atoms with Crippen LogP contribution in [0.3, 0.4) is 0 Å². The quantitative estimate of drug-likeness (QED) is 0.783. The van der Waals surface area contributed by atoms with E-state index in [1.165, 1.54) is 0 Å². The third kappa shape index (κ3) is 3.36. The summed E-state index contributed by atoms with van der Waals surface area (Å²) >= 11 is 0. The molecule has 1 heterocycles. The van der Waals surface area contributed by atoms with Gasteiger partial charge in [0, 0.05) is 11.6 Å². The van der Waals surface area contributed by atoms with Gasteiger partial charge in [-0.2, -0.15) is 5.26 Å². The molecule has 0 aliphatic heterocycles. The third-order valence-corrected chi connectivity index (χ3v) is 3.61. The maximum atomic E-state index is 10.2. The average molecular weight is 316 g/mol. The second-order valence-electron chi connectivity index (χ2n) is 5.46. The van der Waals surface area contributed by atoms with Crippen molar-refractivity contribution in [2.24, 2.45) is 0 Å². The maximum absolute atomic E-state index is 10.2. The Morgan fingerprint density at radius 2 is 1.88 bits per heavy atom. The lowest BCUT2D eigenvalue weighted by Gasteiger charge is -2.11. The minimum absolute atomic E-state index is 0.0444. The summed E-state index contributed by atoms with van der Waals surface area (Å²) in [5, 5.41) is 19.4. The number of benzene rings is 2. The maximum Gasteiger partial charge on any atom is 0.195 e. The summed E-state index contributed by atoms with van der Waals surface area (Å²) in [5.74, 6) is 0.0201. The first-order valence-corrected chi connectivity index (χ1v) is 7.55. The molecule has 4 heteroatoms. The van der Waals surface area contributed by atoms with Crippen molar-refractivity contribution >= 4 is 0 Å². The predicted molar refractivity (Wildman–Crippen MR) is 91.6 cm³/mol. The van der Waals surface area contributed by atoms with Crippen LogP contribution < -0.4 is 4.74 Å². The van der Waals surface area contributed by atoms with Crippen molar-refractivity contribution in [1.29, 1.82) is 5.26 Å². The smallest absolute Gasteiger partial charge is 0.195 e. The molecule has 4 nitrogen and oxygen atoms in total. The van der Waals surface area contributed by atoms with Gasteiger partial charge in [-0.25, -0.2) is 4.98 Å². The number of pyridine rings is 1. The third-order valence-electron chi connectivity index (χ3n) is 3.61. The van der Waals surface area contributed by atoms with Gasteiger partial charge < -0.3 is 9.84 Å². The number of hydrogen-bond donors (Lipinski definition) is 1. The summed E-state index contributed by atoms with van der Waals surface area (Å²) in [6, 6.07) is 21.0. The molecule has 0 radical (unpaired) electrons. The summed E-state index contributed by atoms with van der Waals surface area (Å²) < 4.78 is 5.72. The van der Waals surface area contributed by atoms with Crippen LogP contribution in [0.15, 0.2) is 60.7 Å². The molecular weight excluding hydrogens is 300 g/mol. The molecule has 2 aromatic carbocycles. The molecule has 24 heavy (non-hydrogen) atoms. The number of aromatic nitrogens is 1. The second-order valence-corrected chi connectivity index (χ2v) is 5.46. The molecule has 3 rings (SSSR count). The van der Waals surface area contributed by atoms with Crippen LogP contribution in [0.25, 0.3) is 11.3 Å². The van der Waals surface area contributed by atoms with Gasteiger partial charge in [-0.1, -0.05) is 54.1 Å². The van der Waals surface area contributed by atoms with Crippen molar-refractivity contribution in [3.63, 3.8) is 0 Å². The number of nitriles is 1. The van der Waals surface area contributed by atoms with E-state index >= 15 is 0 Å². The molecular formula is C20H16N2O2. The van der Waals surface area contributed by atoms with Gasteiger partial charge >= 0.3 is 0 Å². The zero-order chi connectivity index (χ0) is 16.9. The number of hydrogen-bond acceptors (Lipinski definition) is 4. The van der Waals surface area contributed by atoms with Crippen molar-refractivity contribution < 1.29 is 9.84 Å². The minimum atomic E-state index is -0.232. The standard InChI is InChI=1S/C20H16N2O2/c1-14-6-5-9-16(10-14)17-11-19(20(23)18(12-21)22-17)24-13-15-7-3-2-4-8-15/h2-11,23H,13H2,1H3. The van der Waals surface area contributed by atoms with Crippen LogP contribution in [0.2, 0.25) is 0 Å². The van der Waals surface area contributed by atoms with Crippen LogP contribution >= 0.6 is 0 Å². The Labute approximate surface area is 140 Å². The number of rotatable bonds is 4. The monoisotopic (exact) mass is 316 g/mol. The van der Waals surface area contributed by atoms with Crippen LogP contribution in [0.4, 0.5) is 0 Å². The highest BCUT2D eigenvalue weighted by Gasteiger charge is 2.14. The number of aromatic hydroxyl groups is 1. The second kappa shape index (κ2) is 6.84. The van der Waals surface area contributed by atoms with Gasteiger partial charge in [-0.15, -0.1) is 0 Å². The van der Waals surface area contributed by atoms with Crippen LogP contribution in [0.1, 0.15) is 16.8 Å². The minimum Gasteiger partial charge on any atom is -0.502 e. The topological polar surface area (TPSA) is 66.1 Å². The lowest BCUT2D eigenvalue weighted by molar-refractivity contribution is 0.288. The Bertz CT molecular complexity index is 899. The van der Waals surface area contributed by atoms with E-state index in [2.05, 4.69) is 4.98 Å². The van der Waals surface area contributed by atoms with Crippen molar-refractivity contribution in [3.8, 4) is 28.8 Å². The van der Waals surface area contributed by atoms with Crippen molar-refractivity contribution in [1.82, 2.24) is 4.98 Å². The van der Waals surface area contributed by atoms with E-state index in [0.717, 1.165) is 16.7 Å². The zero-order valence-electron chi connectivity index (χ0n) is 13.2. The van der Waals surface area contributed by atoms with Gasteiger partial charge in [-0.3, -0.25) is 0 Å². The molecule has 1 aromatic heterocycles. The molecule has 0 saturated carbocycles. The summed E-state index contributed by atoms with van der Waals surface area (Å²) in [6.07, 6.45) is 0. The zero-order valence-corrected chi connectivity index (χ0v) is 13.2. The van der Waals surface area contributed by atoms with Gasteiger partial charge in [0.1, 0.15) is 12.7 Å². The summed E-state index contributed by atoms with van der Waals surface area (Å²) in [7, 11) is 0. The fourth-order valence-corrected chi connectivity index (χ4v) is 2.39. The SMILES string of the molecule is Cc1cccc(-c2cc(OCc3ccccc3)c(O)c(C#N)n2)c1. The number of nitrogens with zero attached hydrogens (tertiary/aromatic N) is 2. The Kier molecular flexibility index (Phi) is 4.44. The molecule has 0 aliphatic carbocycles. The van der Waals surface area contributed by atoms with Crippen LogP contribution in [0.5, 0.6) is 11.5 Å². The normalized spacial score (nSPS) is 10.2. The van der Waals surface area contributed by atoms with Crippen LogP contribution in [-0.4, -0.2) is 10.1 Å². The lowest BCUT2D eigenvalue weighted by Crippen LogP contribution is -1.98. The first kappa shape index (κ1) is 15.6. The van der Waals surface area contributed by atoms with Gasteiger partial charge in [-0.05, 0) is 18.6 Å². The Morgan fingerprint density at radius 3 is 2.58 bits per heavy atom. The van der Waals surface area contributed by atoms with E-state index < -0.39 is 0 Å². The van der Waals surface area contributed by atoms with Gasteiger partial charge in [0.05, 0.1) is 5.69 Å². The average Bonchev–Trinajstić information content (AvgIpc) is 2.61. The molecule has 0 amide bonds. The molecule has 0 aliphatic rings. The first-order chi connectivity index (χ1) is 11.7. The molecule has 118 valence electrons. The first-order valence-electron chi connectivity index (χ1n) is 7.55. The van der Waals surface area contributed by atoms with E-state index in [4.69, 9.17) is 4.74 Å². The molecule has 1 N–H and O–H groups in total. The highest BCUT2D eigenvalue weighted by atomic mass is 16.5. The fourth-order valence-electron chi connectivity index (χ4n) is 2.39. The molecule has 3 aromatic rings. The van der Waals surface area contributed by atoms with Crippen molar-refractivity contribution in [2.75, 3.05) is 0 Å². The summed E-state index contributed by atoms with van der Waals surface area (Å²) in [6.45, 7) is 2.29. The molecule has 0 saturated heterocycles. The highest BCUT2D eigenvalue weighted by molar-refractivity contribution is 5.65. The van der Waals surface area contributed by atoms with Gasteiger partial charge in [0.25, 0.3) is 0 Å². The van der Waals surface area contributed by atoms with Crippen LogP contribution in [0, 0.1) is 18.3 Å². The van der Waals surface area contributed by atoms with Gasteiger partial charge in [0.15, 0.2) is 17.2 Å². The van der Waals surface area contributed by atoms with E-state index in [0.29, 0.717) is 12.3 Å². The molecule has 0 unspecified atom stereocenters. The van der Waals surface area contributed by atoms with Crippen molar-refractivity contribution in [2.45, 2.75) is 13.5 Å². The lowest BCUT2D eigenvalue weighted by atomic mass is 10.1. The van der Waals surface area contributed by atoms with E-state index in [9.17, 15) is 10.4 Å². The molecule has 0 bridgehead atoms. The number of aryl methyl sites for hydroxylation is 1. The largest absolute Gasteiger partial charge is 0.502 e. The van der Waals surface area contributed by atoms with E-state index in [-0.39, 0.29) is 17.2 Å². The summed E-state index contributed by atoms with van der Waals surface area (Å²) in [5.41, 5.74) is 3.49. The van der Waals surface area contributed by atoms with Crippen LogP contribution in [-0.2, 0) is 6.61 Å². The van der Waals surface area contributed by atoms with Crippen molar-refractivity contribution in [3.05, 3.63) is 77.5 Å². The molecule has 0 fully saturated rings. The predicted octanol–water partition coefficient (Wildman–Crippen LogP) is 4.21. The Balaban J connectivity index is 1.96. The number of ether oxygens (including phenoxy) is 1.